The van der Waals surface area contributed by atoms with E-state index >= 15 is 0 Å². The van der Waals surface area contributed by atoms with Crippen molar-refractivity contribution in [2.24, 2.45) is 0 Å². The molecule has 2 aliphatic heterocycles. The third kappa shape index (κ3) is 3.18. The van der Waals surface area contributed by atoms with Crippen LogP contribution in [0.5, 0.6) is 5.75 Å². The second kappa shape index (κ2) is 7.16. The van der Waals surface area contributed by atoms with Gasteiger partial charge >= 0.3 is 0 Å². The molecule has 0 unspecified atom stereocenters. The Bertz CT molecular complexity index is 998. The number of carbonyl (C=O) groups excluding carboxylic acids is 1. The monoisotopic (exact) mass is 369 g/mol. The number of rotatable bonds is 4. The predicted molar refractivity (Wildman–Crippen MR) is 109 cm³/mol. The third-order valence-electron chi connectivity index (χ3n) is 6.00. The molecule has 1 amide bonds. The predicted octanol–water partition coefficient (Wildman–Crippen LogP) is 4.71. The van der Waals surface area contributed by atoms with Gasteiger partial charge in [-0.05, 0) is 40.8 Å². The molecule has 3 nitrogen and oxygen atoms in total. The van der Waals surface area contributed by atoms with E-state index in [-0.39, 0.29) is 17.9 Å². The summed E-state index contributed by atoms with van der Waals surface area (Å²) in [5.41, 5.74) is 5.01. The summed E-state index contributed by atoms with van der Waals surface area (Å²) < 4.78 is 6.01. The Morgan fingerprint density at radius 3 is 2.50 bits per heavy atom. The highest BCUT2D eigenvalue weighted by atomic mass is 16.5. The summed E-state index contributed by atoms with van der Waals surface area (Å²) >= 11 is 0. The van der Waals surface area contributed by atoms with Gasteiger partial charge in [0, 0.05) is 24.9 Å². The lowest BCUT2D eigenvalue weighted by atomic mass is 9.85. The Balaban J connectivity index is 1.37. The van der Waals surface area contributed by atoms with E-state index in [1.165, 1.54) is 16.7 Å². The Morgan fingerprint density at radius 2 is 1.64 bits per heavy atom. The van der Waals surface area contributed by atoms with Crippen molar-refractivity contribution in [1.29, 1.82) is 0 Å². The topological polar surface area (TPSA) is 29.5 Å². The van der Waals surface area contributed by atoms with E-state index in [0.717, 1.165) is 24.3 Å². The molecule has 0 bridgehead atoms. The fourth-order valence-electron chi connectivity index (χ4n) is 4.54. The first-order chi connectivity index (χ1) is 13.8. The zero-order valence-corrected chi connectivity index (χ0v) is 15.8. The van der Waals surface area contributed by atoms with E-state index in [1.54, 1.807) is 0 Å². The highest BCUT2D eigenvalue weighted by Crippen LogP contribution is 2.41. The van der Waals surface area contributed by atoms with Gasteiger partial charge in [0.2, 0.25) is 5.91 Å². The number of hydrogen-bond acceptors (Lipinski definition) is 2. The van der Waals surface area contributed by atoms with Gasteiger partial charge in [0.1, 0.15) is 12.4 Å². The minimum Gasteiger partial charge on any atom is -0.489 e. The van der Waals surface area contributed by atoms with E-state index in [0.29, 0.717) is 13.0 Å². The Labute approximate surface area is 165 Å². The van der Waals surface area contributed by atoms with Crippen molar-refractivity contribution in [3.05, 3.63) is 101 Å². The van der Waals surface area contributed by atoms with Crippen molar-refractivity contribution in [1.82, 2.24) is 4.90 Å². The van der Waals surface area contributed by atoms with Crippen molar-refractivity contribution in [3.63, 3.8) is 0 Å². The molecule has 0 aliphatic carbocycles. The van der Waals surface area contributed by atoms with Crippen LogP contribution in [-0.4, -0.2) is 16.8 Å². The summed E-state index contributed by atoms with van der Waals surface area (Å²) in [5, 5.41) is 0. The molecular formula is C25H23NO2. The van der Waals surface area contributed by atoms with Crippen LogP contribution in [-0.2, 0) is 24.4 Å². The average molecular weight is 369 g/mol. The quantitative estimate of drug-likeness (QED) is 0.667. The standard InChI is InChI=1S/C25H23NO2/c27-25-15-23(24-14-19-9-4-5-10-21(19)16-26(24)25)20-11-6-12-22(13-20)28-17-18-7-2-1-3-8-18/h1-13,23-24H,14-17H2/t23-,24-/m1/s1. The SMILES string of the molecule is O=C1C[C@H](c2cccc(OCc3ccccc3)c2)[C@H]2Cc3ccccc3CN12. The van der Waals surface area contributed by atoms with Gasteiger partial charge in [-0.3, -0.25) is 4.79 Å². The van der Waals surface area contributed by atoms with E-state index in [2.05, 4.69) is 53.4 Å². The van der Waals surface area contributed by atoms with Crippen molar-refractivity contribution in [2.45, 2.75) is 38.0 Å². The van der Waals surface area contributed by atoms with Gasteiger partial charge in [-0.1, -0.05) is 66.7 Å². The van der Waals surface area contributed by atoms with Gasteiger partial charge in [-0.25, -0.2) is 0 Å². The molecule has 28 heavy (non-hydrogen) atoms. The Hall–Kier alpha value is -3.07. The van der Waals surface area contributed by atoms with Crippen molar-refractivity contribution in [2.75, 3.05) is 0 Å². The normalized spacial score (nSPS) is 20.6. The minimum atomic E-state index is 0.223. The average Bonchev–Trinajstić information content (AvgIpc) is 3.07. The molecule has 140 valence electrons. The van der Waals surface area contributed by atoms with Crippen LogP contribution in [0.2, 0.25) is 0 Å². The van der Waals surface area contributed by atoms with E-state index in [1.807, 2.05) is 30.3 Å². The van der Waals surface area contributed by atoms with Gasteiger partial charge in [-0.15, -0.1) is 0 Å². The van der Waals surface area contributed by atoms with Gasteiger partial charge in [-0.2, -0.15) is 0 Å². The number of ether oxygens (including phenoxy) is 1. The minimum absolute atomic E-state index is 0.223. The number of fused-ring (bicyclic) bond motifs is 2. The maximum Gasteiger partial charge on any atom is 0.223 e. The van der Waals surface area contributed by atoms with E-state index in [9.17, 15) is 4.79 Å². The molecule has 2 aliphatic rings. The summed E-state index contributed by atoms with van der Waals surface area (Å²) in [6, 6.07) is 27.2. The lowest BCUT2D eigenvalue weighted by Crippen LogP contribution is -2.39. The fourth-order valence-corrected chi connectivity index (χ4v) is 4.54. The van der Waals surface area contributed by atoms with Crippen LogP contribution in [0.4, 0.5) is 0 Å². The summed E-state index contributed by atoms with van der Waals surface area (Å²) in [6.07, 6.45) is 1.52. The van der Waals surface area contributed by atoms with E-state index < -0.39 is 0 Å². The van der Waals surface area contributed by atoms with Gasteiger partial charge in [0.25, 0.3) is 0 Å². The van der Waals surface area contributed by atoms with Gasteiger partial charge in [0.15, 0.2) is 0 Å². The molecule has 1 saturated heterocycles. The number of hydrogen-bond donors (Lipinski definition) is 0. The molecule has 5 rings (SSSR count). The van der Waals surface area contributed by atoms with Crippen molar-refractivity contribution < 1.29 is 9.53 Å². The second-order valence-corrected chi connectivity index (χ2v) is 7.72. The van der Waals surface area contributed by atoms with Gasteiger partial charge < -0.3 is 9.64 Å². The molecule has 1 fully saturated rings. The summed E-state index contributed by atoms with van der Waals surface area (Å²) in [4.78, 5) is 14.8. The van der Waals surface area contributed by atoms with Crippen LogP contribution < -0.4 is 4.74 Å². The van der Waals surface area contributed by atoms with E-state index in [4.69, 9.17) is 4.74 Å². The number of amides is 1. The summed E-state index contributed by atoms with van der Waals surface area (Å²) in [6.45, 7) is 1.29. The maximum absolute atomic E-state index is 12.7. The Kier molecular flexibility index (Phi) is 4.36. The molecule has 3 aromatic carbocycles. The molecule has 0 radical (unpaired) electrons. The second-order valence-electron chi connectivity index (χ2n) is 7.72. The fraction of sp³-hybridized carbons (Fsp3) is 0.240. The van der Waals surface area contributed by atoms with Gasteiger partial charge in [0.05, 0.1) is 0 Å². The number of nitrogens with zero attached hydrogens (tertiary/aromatic N) is 1. The van der Waals surface area contributed by atoms with Crippen LogP contribution in [0.25, 0.3) is 0 Å². The summed E-state index contributed by atoms with van der Waals surface area (Å²) in [7, 11) is 0. The smallest absolute Gasteiger partial charge is 0.223 e. The van der Waals surface area contributed by atoms with Crippen LogP contribution in [0.1, 0.15) is 34.6 Å². The lowest BCUT2D eigenvalue weighted by molar-refractivity contribution is -0.129. The number of benzene rings is 3. The first-order valence-electron chi connectivity index (χ1n) is 9.91. The third-order valence-corrected chi connectivity index (χ3v) is 6.00. The zero-order chi connectivity index (χ0) is 18.9. The zero-order valence-electron chi connectivity index (χ0n) is 15.8. The molecule has 0 N–H and O–H groups in total. The Morgan fingerprint density at radius 1 is 0.857 bits per heavy atom. The molecule has 2 atom stereocenters. The lowest BCUT2D eigenvalue weighted by Gasteiger charge is -2.34. The molecular weight excluding hydrogens is 346 g/mol. The first-order valence-corrected chi connectivity index (χ1v) is 9.91. The first kappa shape index (κ1) is 17.1. The molecule has 0 spiro atoms. The molecule has 0 saturated carbocycles. The maximum atomic E-state index is 12.7. The summed E-state index contributed by atoms with van der Waals surface area (Å²) in [5.74, 6) is 1.35. The highest BCUT2D eigenvalue weighted by molar-refractivity contribution is 5.81. The van der Waals surface area contributed by atoms with Crippen LogP contribution in [0.15, 0.2) is 78.9 Å². The molecule has 2 heterocycles. The molecule has 3 aromatic rings. The van der Waals surface area contributed by atoms with Crippen LogP contribution in [0.3, 0.4) is 0 Å². The molecule has 3 heteroatoms. The highest BCUT2D eigenvalue weighted by Gasteiger charge is 2.42. The van der Waals surface area contributed by atoms with Crippen LogP contribution in [0, 0.1) is 0 Å². The molecule has 0 aromatic heterocycles. The van der Waals surface area contributed by atoms with Crippen molar-refractivity contribution >= 4 is 5.91 Å². The largest absolute Gasteiger partial charge is 0.489 e. The number of carbonyl (C=O) groups is 1. The van der Waals surface area contributed by atoms with Crippen molar-refractivity contribution in [3.8, 4) is 5.75 Å². The van der Waals surface area contributed by atoms with Crippen LogP contribution >= 0.6 is 0 Å².